The van der Waals surface area contributed by atoms with Crippen LogP contribution in [0.5, 0.6) is 0 Å². The zero-order valence-corrected chi connectivity index (χ0v) is 15.1. The first-order valence-electron chi connectivity index (χ1n) is 8.96. The minimum absolute atomic E-state index is 0. The van der Waals surface area contributed by atoms with Crippen LogP contribution < -0.4 is 5.32 Å². The molecule has 0 saturated carbocycles. The normalized spacial score (nSPS) is 22.4. The predicted octanol–water partition coefficient (Wildman–Crippen LogP) is 3.59. The fourth-order valence-corrected chi connectivity index (χ4v) is 4.09. The Bertz CT molecular complexity index is 652. The average Bonchev–Trinajstić information content (AvgIpc) is 2.96. The lowest BCUT2D eigenvalue weighted by atomic mass is 9.89. The third-order valence-electron chi connectivity index (χ3n) is 5.35. The fourth-order valence-electron chi connectivity index (χ4n) is 4.09. The van der Waals surface area contributed by atoms with E-state index in [-0.39, 0.29) is 24.2 Å². The van der Waals surface area contributed by atoms with Gasteiger partial charge in [-0.25, -0.2) is 0 Å². The van der Waals surface area contributed by atoms with E-state index in [4.69, 9.17) is 0 Å². The molecule has 2 aliphatic heterocycles. The molecule has 0 spiro atoms. The highest BCUT2D eigenvalue weighted by Gasteiger charge is 2.34. The van der Waals surface area contributed by atoms with E-state index in [0.717, 1.165) is 30.6 Å². The van der Waals surface area contributed by atoms with Crippen LogP contribution in [0.15, 0.2) is 60.7 Å². The van der Waals surface area contributed by atoms with Crippen molar-refractivity contribution in [3.05, 3.63) is 71.8 Å². The lowest BCUT2D eigenvalue weighted by Crippen LogP contribution is -2.41. The number of amides is 1. The minimum atomic E-state index is -0.205. The Morgan fingerprint density at radius 3 is 2.04 bits per heavy atom. The van der Waals surface area contributed by atoms with Crippen molar-refractivity contribution in [2.24, 2.45) is 0 Å². The van der Waals surface area contributed by atoms with Gasteiger partial charge in [0.25, 0.3) is 0 Å². The Hall–Kier alpha value is -1.84. The second kappa shape index (κ2) is 8.03. The van der Waals surface area contributed by atoms with Crippen molar-refractivity contribution in [3.63, 3.8) is 0 Å². The summed E-state index contributed by atoms with van der Waals surface area (Å²) in [5.74, 6) is 0.0331. The summed E-state index contributed by atoms with van der Waals surface area (Å²) in [6.45, 7) is 1.70. The largest absolute Gasteiger partial charge is 0.340 e. The first-order valence-corrected chi connectivity index (χ1v) is 8.96. The maximum Gasteiger partial charge on any atom is 0.234 e. The zero-order chi connectivity index (χ0) is 16.4. The maximum atomic E-state index is 13.4. The van der Waals surface area contributed by atoms with Crippen molar-refractivity contribution in [2.45, 2.75) is 37.3 Å². The fraction of sp³-hybridized carbons (Fsp3) is 0.381. The number of hydrogen-bond donors (Lipinski definition) is 1. The molecule has 2 aliphatic rings. The molecule has 25 heavy (non-hydrogen) atoms. The third-order valence-corrected chi connectivity index (χ3v) is 5.35. The summed E-state index contributed by atoms with van der Waals surface area (Å²) in [5, 5.41) is 3.66. The van der Waals surface area contributed by atoms with Crippen molar-refractivity contribution in [3.8, 4) is 0 Å². The van der Waals surface area contributed by atoms with Crippen LogP contribution in [0.4, 0.5) is 0 Å². The van der Waals surface area contributed by atoms with Crippen LogP contribution in [0.3, 0.4) is 0 Å². The van der Waals surface area contributed by atoms with Gasteiger partial charge in [-0.05, 0) is 30.4 Å². The number of fused-ring (bicyclic) bond motifs is 2. The van der Waals surface area contributed by atoms with Crippen LogP contribution in [0.25, 0.3) is 0 Å². The van der Waals surface area contributed by atoms with Crippen molar-refractivity contribution in [2.75, 3.05) is 13.1 Å². The summed E-state index contributed by atoms with van der Waals surface area (Å²) in [4.78, 5) is 15.5. The molecule has 2 heterocycles. The molecule has 2 atom stereocenters. The molecule has 1 amide bonds. The van der Waals surface area contributed by atoms with Gasteiger partial charge in [0.05, 0.1) is 5.92 Å². The number of halogens is 1. The maximum absolute atomic E-state index is 13.4. The van der Waals surface area contributed by atoms with E-state index in [2.05, 4.69) is 34.5 Å². The Labute approximate surface area is 155 Å². The van der Waals surface area contributed by atoms with Crippen LogP contribution in [-0.4, -0.2) is 36.0 Å². The second-order valence-corrected chi connectivity index (χ2v) is 6.97. The van der Waals surface area contributed by atoms with Crippen molar-refractivity contribution >= 4 is 18.3 Å². The zero-order valence-electron chi connectivity index (χ0n) is 14.3. The average molecular weight is 357 g/mol. The number of rotatable bonds is 3. The lowest BCUT2D eigenvalue weighted by molar-refractivity contribution is -0.132. The molecule has 2 aromatic carbocycles. The molecule has 4 heteroatoms. The van der Waals surface area contributed by atoms with Crippen LogP contribution in [0.2, 0.25) is 0 Å². The van der Waals surface area contributed by atoms with Gasteiger partial charge in [0, 0.05) is 25.2 Å². The molecule has 4 rings (SSSR count). The van der Waals surface area contributed by atoms with E-state index in [0.29, 0.717) is 12.1 Å². The molecule has 1 N–H and O–H groups in total. The van der Waals surface area contributed by atoms with Crippen LogP contribution in [-0.2, 0) is 4.79 Å². The van der Waals surface area contributed by atoms with Gasteiger partial charge in [-0.15, -0.1) is 12.4 Å². The standard InChI is InChI=1S/C21H24N2O.ClH/c24-21(23-14-13-18-11-12-19(15-23)22-18)20(16-7-3-1-4-8-16)17-9-5-2-6-10-17;/h1-10,18-20,22H,11-15H2;1H. The summed E-state index contributed by atoms with van der Waals surface area (Å²) >= 11 is 0. The topological polar surface area (TPSA) is 32.3 Å². The molecule has 2 bridgehead atoms. The summed E-state index contributed by atoms with van der Waals surface area (Å²) < 4.78 is 0. The highest BCUT2D eigenvalue weighted by molar-refractivity contribution is 5.87. The molecule has 2 aromatic rings. The molecular formula is C21H25ClN2O. The molecule has 0 aliphatic carbocycles. The van der Waals surface area contributed by atoms with E-state index in [9.17, 15) is 4.79 Å². The van der Waals surface area contributed by atoms with Gasteiger partial charge in [-0.1, -0.05) is 60.7 Å². The summed E-state index contributed by atoms with van der Waals surface area (Å²) in [6.07, 6.45) is 3.52. The van der Waals surface area contributed by atoms with E-state index in [1.54, 1.807) is 0 Å². The van der Waals surface area contributed by atoms with Crippen LogP contribution in [0, 0.1) is 0 Å². The number of likely N-dealkylation sites (tertiary alicyclic amines) is 1. The summed E-state index contributed by atoms with van der Waals surface area (Å²) in [5.41, 5.74) is 2.16. The van der Waals surface area contributed by atoms with Gasteiger partial charge >= 0.3 is 0 Å². The highest BCUT2D eigenvalue weighted by Crippen LogP contribution is 2.29. The molecule has 0 aromatic heterocycles. The van der Waals surface area contributed by atoms with Crippen LogP contribution in [0.1, 0.15) is 36.3 Å². The van der Waals surface area contributed by atoms with Crippen molar-refractivity contribution < 1.29 is 4.79 Å². The number of carbonyl (C=O) groups is 1. The van der Waals surface area contributed by atoms with Gasteiger partial charge < -0.3 is 10.2 Å². The molecule has 0 radical (unpaired) electrons. The lowest BCUT2D eigenvalue weighted by Gasteiger charge is -2.29. The Morgan fingerprint density at radius 2 is 1.44 bits per heavy atom. The SMILES string of the molecule is Cl.O=C(C(c1ccccc1)c1ccccc1)N1CCC2CCC(C1)N2. The summed E-state index contributed by atoms with van der Waals surface area (Å²) in [7, 11) is 0. The molecule has 3 nitrogen and oxygen atoms in total. The third kappa shape index (κ3) is 3.88. The van der Waals surface area contributed by atoms with Crippen molar-refractivity contribution in [1.29, 1.82) is 0 Å². The van der Waals surface area contributed by atoms with E-state index in [1.807, 2.05) is 36.4 Å². The van der Waals surface area contributed by atoms with Crippen LogP contribution >= 0.6 is 12.4 Å². The van der Waals surface area contributed by atoms with E-state index < -0.39 is 0 Å². The molecule has 2 unspecified atom stereocenters. The quantitative estimate of drug-likeness (QED) is 0.911. The predicted molar refractivity (Wildman–Crippen MR) is 103 cm³/mol. The number of carbonyl (C=O) groups excluding carboxylic acids is 1. The smallest absolute Gasteiger partial charge is 0.234 e. The first kappa shape index (κ1) is 18.0. The number of nitrogens with zero attached hydrogens (tertiary/aromatic N) is 1. The van der Waals surface area contributed by atoms with Gasteiger partial charge in [0.1, 0.15) is 0 Å². The summed E-state index contributed by atoms with van der Waals surface area (Å²) in [6, 6.07) is 21.4. The Balaban J connectivity index is 0.00000182. The highest BCUT2D eigenvalue weighted by atomic mass is 35.5. The van der Waals surface area contributed by atoms with E-state index in [1.165, 1.54) is 12.8 Å². The van der Waals surface area contributed by atoms with Crippen molar-refractivity contribution in [1.82, 2.24) is 10.2 Å². The minimum Gasteiger partial charge on any atom is -0.340 e. The van der Waals surface area contributed by atoms with Gasteiger partial charge in [0.15, 0.2) is 0 Å². The Morgan fingerprint density at radius 1 is 0.880 bits per heavy atom. The molecule has 2 saturated heterocycles. The second-order valence-electron chi connectivity index (χ2n) is 6.97. The van der Waals surface area contributed by atoms with Gasteiger partial charge in [-0.2, -0.15) is 0 Å². The molecule has 2 fully saturated rings. The number of nitrogens with one attached hydrogen (secondary N) is 1. The molecular weight excluding hydrogens is 332 g/mol. The van der Waals surface area contributed by atoms with Gasteiger partial charge in [-0.3, -0.25) is 4.79 Å². The monoisotopic (exact) mass is 356 g/mol. The first-order chi connectivity index (χ1) is 11.8. The molecule has 132 valence electrons. The Kier molecular flexibility index (Phi) is 5.77. The number of benzene rings is 2. The number of hydrogen-bond acceptors (Lipinski definition) is 2. The van der Waals surface area contributed by atoms with Gasteiger partial charge in [0.2, 0.25) is 5.91 Å². The van der Waals surface area contributed by atoms with E-state index >= 15 is 0 Å².